The Bertz CT molecular complexity index is 1400. The quantitative estimate of drug-likeness (QED) is 0.508. The third-order valence-corrected chi connectivity index (χ3v) is 6.08. The molecule has 0 amide bonds. The van der Waals surface area contributed by atoms with Crippen molar-refractivity contribution in [2.45, 2.75) is 38.9 Å². The molecule has 1 unspecified atom stereocenters. The molecule has 1 aliphatic rings. The maximum absolute atomic E-state index is 13.6. The summed E-state index contributed by atoms with van der Waals surface area (Å²) >= 11 is 0. The molecule has 0 aliphatic carbocycles. The minimum Gasteiger partial charge on any atom is -0.341 e. The van der Waals surface area contributed by atoms with E-state index >= 15 is 0 Å². The second-order valence-corrected chi connectivity index (χ2v) is 8.24. The van der Waals surface area contributed by atoms with E-state index in [1.807, 2.05) is 54.1 Å². The van der Waals surface area contributed by atoms with Gasteiger partial charge in [-0.25, -0.2) is 4.98 Å². The second kappa shape index (κ2) is 8.48. The summed E-state index contributed by atoms with van der Waals surface area (Å²) in [6.07, 6.45) is 5.65. The van der Waals surface area contributed by atoms with Gasteiger partial charge in [-0.2, -0.15) is 0 Å². The topological polar surface area (TPSA) is 82.0 Å². The average Bonchev–Trinajstić information content (AvgIpc) is 3.19. The molecule has 7 nitrogen and oxygen atoms in total. The number of piperidine rings is 1. The monoisotopic (exact) mass is 426 g/mol. The Hall–Kier alpha value is -3.63. The highest BCUT2D eigenvalue weighted by molar-refractivity contribution is 5.82. The number of aromatic nitrogens is 4. The molecule has 3 aromatic heterocycles. The van der Waals surface area contributed by atoms with Crippen molar-refractivity contribution in [3.63, 3.8) is 0 Å². The molecule has 5 rings (SSSR count). The van der Waals surface area contributed by atoms with Gasteiger partial charge < -0.3 is 15.2 Å². The zero-order valence-electron chi connectivity index (χ0n) is 18.2. The number of anilines is 1. The third kappa shape index (κ3) is 3.63. The summed E-state index contributed by atoms with van der Waals surface area (Å²) in [5, 5.41) is 1.05. The number of benzene rings is 1. The molecule has 1 fully saturated rings. The van der Waals surface area contributed by atoms with E-state index in [1.54, 1.807) is 10.8 Å². The fourth-order valence-corrected chi connectivity index (χ4v) is 4.51. The van der Waals surface area contributed by atoms with Gasteiger partial charge in [0.15, 0.2) is 0 Å². The van der Waals surface area contributed by atoms with Crippen LogP contribution in [0.25, 0.3) is 21.9 Å². The summed E-state index contributed by atoms with van der Waals surface area (Å²) in [7, 11) is 0. The smallest absolute Gasteiger partial charge is 0.277 e. The molecule has 1 saturated heterocycles. The number of rotatable bonds is 4. The highest BCUT2D eigenvalue weighted by Gasteiger charge is 2.24. The van der Waals surface area contributed by atoms with E-state index in [0.29, 0.717) is 24.1 Å². The van der Waals surface area contributed by atoms with Gasteiger partial charge in [-0.1, -0.05) is 24.1 Å². The third-order valence-electron chi connectivity index (χ3n) is 6.08. The summed E-state index contributed by atoms with van der Waals surface area (Å²) in [4.78, 5) is 25.1. The predicted octanol–water partition coefficient (Wildman–Crippen LogP) is 2.75. The molecule has 7 heteroatoms. The predicted molar refractivity (Wildman–Crippen MR) is 128 cm³/mol. The molecule has 2 N–H and O–H groups in total. The highest BCUT2D eigenvalue weighted by atomic mass is 16.1. The van der Waals surface area contributed by atoms with Crippen molar-refractivity contribution in [3.8, 4) is 11.8 Å². The summed E-state index contributed by atoms with van der Waals surface area (Å²) in [6.45, 7) is 4.31. The maximum Gasteiger partial charge on any atom is 0.277 e. The van der Waals surface area contributed by atoms with Crippen molar-refractivity contribution < 1.29 is 0 Å². The van der Waals surface area contributed by atoms with Gasteiger partial charge in [0, 0.05) is 36.9 Å². The SMILES string of the molecule is CC#CCn1c(N2CCCC(N)C2)nc2ccn(Cc3ccnc4ccccc34)c(=O)c21. The lowest BCUT2D eigenvalue weighted by molar-refractivity contribution is 0.496. The number of pyridine rings is 2. The minimum atomic E-state index is -0.0682. The Morgan fingerprint density at radius 3 is 2.91 bits per heavy atom. The van der Waals surface area contributed by atoms with Crippen LogP contribution in [0, 0.1) is 11.8 Å². The Morgan fingerprint density at radius 1 is 1.19 bits per heavy atom. The van der Waals surface area contributed by atoms with Gasteiger partial charge in [0.25, 0.3) is 5.56 Å². The fraction of sp³-hybridized carbons (Fsp3) is 0.320. The van der Waals surface area contributed by atoms with Gasteiger partial charge in [-0.3, -0.25) is 14.3 Å². The van der Waals surface area contributed by atoms with Crippen LogP contribution in [-0.4, -0.2) is 38.2 Å². The standard InChI is InChI=1S/C25H26N6O/c1-2-3-14-31-23-22(28-25(31)30-13-6-7-19(26)17-30)11-15-29(24(23)32)16-18-10-12-27-21-9-5-4-8-20(18)21/h4-5,8-12,15,19H,6-7,13-14,16-17,26H2,1H3. The van der Waals surface area contributed by atoms with Crippen LogP contribution < -0.4 is 16.2 Å². The van der Waals surface area contributed by atoms with E-state index in [0.717, 1.165) is 48.3 Å². The van der Waals surface area contributed by atoms with Crippen molar-refractivity contribution in [2.24, 2.45) is 5.73 Å². The normalized spacial score (nSPS) is 16.3. The Kier molecular flexibility index (Phi) is 5.38. The van der Waals surface area contributed by atoms with Crippen molar-refractivity contribution in [3.05, 3.63) is 64.7 Å². The molecule has 162 valence electrons. The van der Waals surface area contributed by atoms with Gasteiger partial charge >= 0.3 is 0 Å². The number of fused-ring (bicyclic) bond motifs is 2. The lowest BCUT2D eigenvalue weighted by Gasteiger charge is -2.31. The van der Waals surface area contributed by atoms with Crippen LogP contribution in [0.2, 0.25) is 0 Å². The van der Waals surface area contributed by atoms with Crippen LogP contribution >= 0.6 is 0 Å². The molecule has 0 bridgehead atoms. The average molecular weight is 427 g/mol. The number of para-hydroxylation sites is 1. The van der Waals surface area contributed by atoms with Crippen molar-refractivity contribution in [2.75, 3.05) is 18.0 Å². The second-order valence-electron chi connectivity index (χ2n) is 8.24. The van der Waals surface area contributed by atoms with Gasteiger partial charge in [0.1, 0.15) is 5.52 Å². The lowest BCUT2D eigenvalue weighted by Crippen LogP contribution is -2.44. The largest absolute Gasteiger partial charge is 0.341 e. The van der Waals surface area contributed by atoms with Gasteiger partial charge in [-0.15, -0.1) is 5.92 Å². The van der Waals surface area contributed by atoms with Crippen molar-refractivity contribution in [1.29, 1.82) is 0 Å². The molecular weight excluding hydrogens is 400 g/mol. The van der Waals surface area contributed by atoms with Crippen LogP contribution in [0.4, 0.5) is 5.95 Å². The van der Waals surface area contributed by atoms with E-state index in [2.05, 4.69) is 21.7 Å². The lowest BCUT2D eigenvalue weighted by atomic mass is 10.1. The zero-order chi connectivity index (χ0) is 22.1. The van der Waals surface area contributed by atoms with Crippen LogP contribution in [0.15, 0.2) is 53.6 Å². The van der Waals surface area contributed by atoms with Crippen LogP contribution in [0.3, 0.4) is 0 Å². The summed E-state index contributed by atoms with van der Waals surface area (Å²) in [6, 6.07) is 12.0. The molecule has 1 atom stereocenters. The Labute approximate surface area is 186 Å². The first-order valence-corrected chi connectivity index (χ1v) is 11.0. The number of hydrogen-bond donors (Lipinski definition) is 1. The molecule has 32 heavy (non-hydrogen) atoms. The molecule has 0 radical (unpaired) electrons. The van der Waals surface area contributed by atoms with E-state index in [-0.39, 0.29) is 11.6 Å². The first-order valence-electron chi connectivity index (χ1n) is 11.0. The minimum absolute atomic E-state index is 0.0682. The van der Waals surface area contributed by atoms with Crippen molar-refractivity contribution >= 4 is 27.9 Å². The maximum atomic E-state index is 13.6. The first kappa shape index (κ1) is 20.3. The van der Waals surface area contributed by atoms with Gasteiger partial charge in [0.2, 0.25) is 5.95 Å². The molecule has 0 saturated carbocycles. The Morgan fingerprint density at radius 2 is 2.06 bits per heavy atom. The van der Waals surface area contributed by atoms with E-state index in [4.69, 9.17) is 10.7 Å². The van der Waals surface area contributed by atoms with Crippen LogP contribution in [0.5, 0.6) is 0 Å². The molecule has 4 aromatic rings. The van der Waals surface area contributed by atoms with E-state index < -0.39 is 0 Å². The zero-order valence-corrected chi connectivity index (χ0v) is 18.2. The molecule has 1 aromatic carbocycles. The number of nitrogens with two attached hydrogens (primary N) is 1. The van der Waals surface area contributed by atoms with Crippen molar-refractivity contribution in [1.82, 2.24) is 19.1 Å². The van der Waals surface area contributed by atoms with Crippen LogP contribution in [0.1, 0.15) is 25.3 Å². The summed E-state index contributed by atoms with van der Waals surface area (Å²) in [5.41, 5.74) is 9.40. The van der Waals surface area contributed by atoms with Gasteiger partial charge in [-0.05, 0) is 43.5 Å². The number of nitrogens with zero attached hydrogens (tertiary/aromatic N) is 5. The van der Waals surface area contributed by atoms with Crippen LogP contribution in [-0.2, 0) is 13.1 Å². The summed E-state index contributed by atoms with van der Waals surface area (Å²) in [5.74, 6) is 6.84. The highest BCUT2D eigenvalue weighted by Crippen LogP contribution is 2.24. The molecule has 4 heterocycles. The number of hydrogen-bond acceptors (Lipinski definition) is 5. The summed E-state index contributed by atoms with van der Waals surface area (Å²) < 4.78 is 3.70. The first-order chi connectivity index (χ1) is 15.7. The Balaban J connectivity index is 1.62. The molecular formula is C25H26N6O. The number of imidazole rings is 1. The van der Waals surface area contributed by atoms with Gasteiger partial charge in [0.05, 0.1) is 24.1 Å². The fourth-order valence-electron chi connectivity index (χ4n) is 4.51. The van der Waals surface area contributed by atoms with E-state index in [9.17, 15) is 4.79 Å². The molecule has 1 aliphatic heterocycles. The molecule has 0 spiro atoms. The van der Waals surface area contributed by atoms with E-state index in [1.165, 1.54) is 0 Å².